The number of rotatable bonds is 5. The second kappa shape index (κ2) is 6.63. The van der Waals surface area contributed by atoms with Gasteiger partial charge in [0.15, 0.2) is 0 Å². The number of thiocarbonyl (C=S) groups is 1. The van der Waals surface area contributed by atoms with Crippen LogP contribution in [0.2, 0.25) is 0 Å². The second-order valence-electron chi connectivity index (χ2n) is 5.79. The van der Waals surface area contributed by atoms with E-state index in [4.69, 9.17) is 18.0 Å². The van der Waals surface area contributed by atoms with Crippen molar-refractivity contribution < 1.29 is 4.79 Å². The molecule has 1 amide bonds. The van der Waals surface area contributed by atoms with Crippen LogP contribution in [0, 0.1) is 0 Å². The van der Waals surface area contributed by atoms with Crippen molar-refractivity contribution in [2.45, 2.75) is 25.8 Å². The van der Waals surface area contributed by atoms with Gasteiger partial charge in [0.25, 0.3) is 0 Å². The number of hydrogen-bond acceptors (Lipinski definition) is 4. The van der Waals surface area contributed by atoms with Crippen molar-refractivity contribution in [2.24, 2.45) is 5.73 Å². The quantitative estimate of drug-likeness (QED) is 0.729. The molecule has 1 aliphatic rings. The van der Waals surface area contributed by atoms with Crippen LogP contribution in [0.25, 0.3) is 0 Å². The Labute approximate surface area is 121 Å². The van der Waals surface area contributed by atoms with Crippen molar-refractivity contribution >= 4 is 23.1 Å². The molecule has 19 heavy (non-hydrogen) atoms. The monoisotopic (exact) mass is 286 g/mol. The van der Waals surface area contributed by atoms with Gasteiger partial charge in [-0.3, -0.25) is 9.69 Å². The van der Waals surface area contributed by atoms with Crippen LogP contribution < -0.4 is 5.73 Å². The molecule has 0 aromatic carbocycles. The third kappa shape index (κ3) is 4.40. The highest BCUT2D eigenvalue weighted by Gasteiger charge is 2.32. The molecule has 0 radical (unpaired) electrons. The SMILES string of the molecule is CN(C)C(=O)CCN1CCN(C(C)(C)C(N)=S)CC1. The fourth-order valence-electron chi connectivity index (χ4n) is 2.16. The maximum Gasteiger partial charge on any atom is 0.223 e. The highest BCUT2D eigenvalue weighted by molar-refractivity contribution is 7.80. The molecule has 0 aromatic rings. The number of carbonyl (C=O) groups is 1. The lowest BCUT2D eigenvalue weighted by Crippen LogP contribution is -2.59. The summed E-state index contributed by atoms with van der Waals surface area (Å²) in [4.78, 5) is 18.4. The summed E-state index contributed by atoms with van der Waals surface area (Å²) in [7, 11) is 3.59. The summed E-state index contributed by atoms with van der Waals surface area (Å²) in [5.74, 6) is 0.186. The highest BCUT2D eigenvalue weighted by Crippen LogP contribution is 2.17. The van der Waals surface area contributed by atoms with Gasteiger partial charge in [0.05, 0.1) is 10.5 Å². The first-order valence-corrected chi connectivity index (χ1v) is 7.13. The second-order valence-corrected chi connectivity index (χ2v) is 6.23. The molecule has 0 aromatic heterocycles. The van der Waals surface area contributed by atoms with E-state index in [1.165, 1.54) is 0 Å². The maximum atomic E-state index is 11.6. The average Bonchev–Trinajstić information content (AvgIpc) is 2.36. The number of nitrogens with zero attached hydrogens (tertiary/aromatic N) is 3. The van der Waals surface area contributed by atoms with E-state index < -0.39 is 0 Å². The largest absolute Gasteiger partial charge is 0.392 e. The van der Waals surface area contributed by atoms with E-state index in [9.17, 15) is 4.79 Å². The summed E-state index contributed by atoms with van der Waals surface area (Å²) in [6.45, 7) is 8.79. The van der Waals surface area contributed by atoms with E-state index in [1.807, 2.05) is 0 Å². The Balaban J connectivity index is 2.37. The van der Waals surface area contributed by atoms with Gasteiger partial charge in [0.1, 0.15) is 0 Å². The van der Waals surface area contributed by atoms with Crippen LogP contribution in [-0.2, 0) is 4.79 Å². The van der Waals surface area contributed by atoms with E-state index in [1.54, 1.807) is 19.0 Å². The summed E-state index contributed by atoms with van der Waals surface area (Å²) in [6, 6.07) is 0. The first-order valence-electron chi connectivity index (χ1n) is 6.72. The molecule has 110 valence electrons. The molecule has 6 heteroatoms. The highest BCUT2D eigenvalue weighted by atomic mass is 32.1. The van der Waals surface area contributed by atoms with Crippen LogP contribution in [0.3, 0.4) is 0 Å². The fourth-order valence-corrected chi connectivity index (χ4v) is 2.29. The Morgan fingerprint density at radius 2 is 1.79 bits per heavy atom. The first-order chi connectivity index (χ1) is 8.75. The normalized spacial score (nSPS) is 18.3. The molecular weight excluding hydrogens is 260 g/mol. The Kier molecular flexibility index (Phi) is 5.70. The van der Waals surface area contributed by atoms with Gasteiger partial charge in [-0.1, -0.05) is 12.2 Å². The molecule has 0 aliphatic carbocycles. The smallest absolute Gasteiger partial charge is 0.223 e. The zero-order chi connectivity index (χ0) is 14.6. The van der Waals surface area contributed by atoms with Crippen molar-refractivity contribution in [3.63, 3.8) is 0 Å². The molecule has 0 spiro atoms. The van der Waals surface area contributed by atoms with Gasteiger partial charge in [0.2, 0.25) is 5.91 Å². The molecule has 1 saturated heterocycles. The van der Waals surface area contributed by atoms with Crippen LogP contribution in [0.1, 0.15) is 20.3 Å². The van der Waals surface area contributed by atoms with E-state index in [0.717, 1.165) is 32.7 Å². The number of carbonyl (C=O) groups excluding carboxylic acids is 1. The minimum atomic E-state index is -0.221. The summed E-state index contributed by atoms with van der Waals surface area (Å²) >= 11 is 5.13. The van der Waals surface area contributed by atoms with Crippen molar-refractivity contribution in [1.82, 2.24) is 14.7 Å². The molecule has 1 fully saturated rings. The fraction of sp³-hybridized carbons (Fsp3) is 0.846. The molecule has 5 nitrogen and oxygen atoms in total. The third-order valence-electron chi connectivity index (χ3n) is 3.91. The lowest BCUT2D eigenvalue weighted by atomic mass is 10.0. The Hall–Kier alpha value is -0.720. The van der Waals surface area contributed by atoms with Crippen LogP contribution in [-0.4, -0.2) is 78.0 Å². The minimum Gasteiger partial charge on any atom is -0.392 e. The topological polar surface area (TPSA) is 52.8 Å². The van der Waals surface area contributed by atoms with Gasteiger partial charge >= 0.3 is 0 Å². The number of nitrogens with two attached hydrogens (primary N) is 1. The van der Waals surface area contributed by atoms with Gasteiger partial charge in [-0.2, -0.15) is 0 Å². The van der Waals surface area contributed by atoms with Crippen molar-refractivity contribution in [3.05, 3.63) is 0 Å². The predicted octanol–water partition coefficient (Wildman–Crippen LogP) is 0.147. The van der Waals surface area contributed by atoms with Gasteiger partial charge in [-0.05, 0) is 13.8 Å². The van der Waals surface area contributed by atoms with E-state index >= 15 is 0 Å². The van der Waals surface area contributed by atoms with Crippen molar-refractivity contribution in [1.29, 1.82) is 0 Å². The predicted molar refractivity (Wildman–Crippen MR) is 82.2 cm³/mol. The van der Waals surface area contributed by atoms with E-state index in [2.05, 4.69) is 23.6 Å². The summed E-state index contributed by atoms with van der Waals surface area (Å²) in [5.41, 5.74) is 5.57. The van der Waals surface area contributed by atoms with Crippen LogP contribution in [0.4, 0.5) is 0 Å². The van der Waals surface area contributed by atoms with Crippen LogP contribution in [0.5, 0.6) is 0 Å². The molecule has 1 aliphatic heterocycles. The maximum absolute atomic E-state index is 11.6. The minimum absolute atomic E-state index is 0.186. The molecular formula is C13H26N4OS. The van der Waals surface area contributed by atoms with Gasteiger partial charge in [0, 0.05) is 53.2 Å². The standard InChI is InChI=1S/C13H26N4OS/c1-13(2,12(14)19)17-9-7-16(8-10-17)6-5-11(18)15(3)4/h5-10H2,1-4H3,(H2,14,19). The molecule has 1 heterocycles. The van der Waals surface area contributed by atoms with E-state index in [-0.39, 0.29) is 11.4 Å². The molecule has 0 unspecified atom stereocenters. The average molecular weight is 286 g/mol. The first kappa shape index (κ1) is 16.3. The van der Waals surface area contributed by atoms with Crippen molar-refractivity contribution in [3.8, 4) is 0 Å². The van der Waals surface area contributed by atoms with Gasteiger partial charge in [-0.25, -0.2) is 0 Å². The number of piperazine rings is 1. The Morgan fingerprint density at radius 3 is 2.21 bits per heavy atom. The molecule has 0 bridgehead atoms. The summed E-state index contributed by atoms with van der Waals surface area (Å²) < 4.78 is 0. The van der Waals surface area contributed by atoms with Gasteiger partial charge in [-0.15, -0.1) is 0 Å². The lowest BCUT2D eigenvalue weighted by molar-refractivity contribution is -0.129. The molecule has 2 N–H and O–H groups in total. The molecule has 1 rings (SSSR count). The van der Waals surface area contributed by atoms with Gasteiger partial charge < -0.3 is 15.5 Å². The Morgan fingerprint density at radius 1 is 1.26 bits per heavy atom. The zero-order valence-electron chi connectivity index (χ0n) is 12.5. The van der Waals surface area contributed by atoms with E-state index in [0.29, 0.717) is 11.4 Å². The third-order valence-corrected chi connectivity index (χ3v) is 4.41. The zero-order valence-corrected chi connectivity index (χ0v) is 13.3. The molecule has 0 saturated carbocycles. The lowest BCUT2D eigenvalue weighted by Gasteiger charge is -2.43. The number of amides is 1. The number of hydrogen-bond donors (Lipinski definition) is 1. The van der Waals surface area contributed by atoms with Crippen LogP contribution >= 0.6 is 12.2 Å². The van der Waals surface area contributed by atoms with Crippen LogP contribution in [0.15, 0.2) is 0 Å². The Bertz CT molecular complexity index is 336. The van der Waals surface area contributed by atoms with Crippen molar-refractivity contribution in [2.75, 3.05) is 46.8 Å². The summed E-state index contributed by atoms with van der Waals surface area (Å²) in [5, 5.41) is 0. The molecule has 0 atom stereocenters. The summed E-state index contributed by atoms with van der Waals surface area (Å²) in [6.07, 6.45) is 0.589.